The van der Waals surface area contributed by atoms with Crippen LogP contribution in [-0.2, 0) is 0 Å². The minimum atomic E-state index is -0.278. The molecule has 2 rings (SSSR count). The van der Waals surface area contributed by atoms with Crippen LogP contribution in [0.4, 0.5) is 0 Å². The lowest BCUT2D eigenvalue weighted by molar-refractivity contribution is 0.104. The number of benzene rings is 2. The van der Waals surface area contributed by atoms with Crippen LogP contribution in [0.5, 0.6) is 17.2 Å². The molecule has 2 aromatic rings. The van der Waals surface area contributed by atoms with Crippen molar-refractivity contribution in [3.63, 3.8) is 0 Å². The van der Waals surface area contributed by atoms with Gasteiger partial charge in [-0.2, -0.15) is 0 Å². The molecule has 5 heteroatoms. The van der Waals surface area contributed by atoms with Crippen molar-refractivity contribution < 1.29 is 19.4 Å². The van der Waals surface area contributed by atoms with E-state index in [1.165, 1.54) is 12.1 Å². The lowest BCUT2D eigenvalue weighted by Crippen LogP contribution is -1.95. The van der Waals surface area contributed by atoms with E-state index in [4.69, 9.17) is 9.47 Å². The second kappa shape index (κ2) is 7.13. The first-order chi connectivity index (χ1) is 10.6. The van der Waals surface area contributed by atoms with E-state index in [1.54, 1.807) is 50.6 Å². The van der Waals surface area contributed by atoms with E-state index in [2.05, 4.69) is 15.9 Å². The van der Waals surface area contributed by atoms with Gasteiger partial charge in [0.15, 0.2) is 17.3 Å². The summed E-state index contributed by atoms with van der Waals surface area (Å²) < 4.78 is 11.2. The molecule has 0 unspecified atom stereocenters. The molecule has 0 atom stereocenters. The van der Waals surface area contributed by atoms with E-state index in [0.29, 0.717) is 11.5 Å². The standard InChI is InChI=1S/C17H15BrO4/c1-21-16-9-11(13(18)10-17(16)22-2)7-8-15(20)12-5-3-4-6-14(12)19/h3-10,19H,1-2H3/b8-7+. The molecule has 0 saturated carbocycles. The van der Waals surface area contributed by atoms with E-state index < -0.39 is 0 Å². The molecule has 0 saturated heterocycles. The fourth-order valence-corrected chi connectivity index (χ4v) is 2.39. The zero-order valence-electron chi connectivity index (χ0n) is 12.2. The molecule has 0 bridgehead atoms. The summed E-state index contributed by atoms with van der Waals surface area (Å²) in [5.41, 5.74) is 1.02. The largest absolute Gasteiger partial charge is 0.507 e. The number of para-hydroxylation sites is 1. The Hall–Kier alpha value is -2.27. The summed E-state index contributed by atoms with van der Waals surface area (Å²) in [5, 5.41) is 9.68. The summed E-state index contributed by atoms with van der Waals surface area (Å²) >= 11 is 3.42. The van der Waals surface area contributed by atoms with Gasteiger partial charge < -0.3 is 14.6 Å². The van der Waals surface area contributed by atoms with Gasteiger partial charge in [-0.3, -0.25) is 4.79 Å². The molecule has 0 aliphatic rings. The first kappa shape index (κ1) is 16.1. The van der Waals surface area contributed by atoms with Crippen LogP contribution < -0.4 is 9.47 Å². The minimum absolute atomic E-state index is 0.0384. The third-order valence-electron chi connectivity index (χ3n) is 3.09. The molecule has 0 fully saturated rings. The monoisotopic (exact) mass is 362 g/mol. The van der Waals surface area contributed by atoms with Crippen LogP contribution in [0.2, 0.25) is 0 Å². The molecule has 0 radical (unpaired) electrons. The molecule has 0 aromatic heterocycles. The highest BCUT2D eigenvalue weighted by atomic mass is 79.9. The Bertz CT molecular complexity index is 723. The number of halogens is 1. The number of carbonyl (C=O) groups is 1. The average Bonchev–Trinajstić information content (AvgIpc) is 2.53. The van der Waals surface area contributed by atoms with Gasteiger partial charge in [0, 0.05) is 4.47 Å². The molecule has 0 amide bonds. The topological polar surface area (TPSA) is 55.8 Å². The van der Waals surface area contributed by atoms with Gasteiger partial charge in [0.05, 0.1) is 19.8 Å². The van der Waals surface area contributed by atoms with Crippen molar-refractivity contribution in [3.8, 4) is 17.2 Å². The number of phenols is 1. The van der Waals surface area contributed by atoms with Crippen molar-refractivity contribution in [2.45, 2.75) is 0 Å². The van der Waals surface area contributed by atoms with Crippen LogP contribution in [-0.4, -0.2) is 25.1 Å². The second-order valence-electron chi connectivity index (χ2n) is 4.44. The quantitative estimate of drug-likeness (QED) is 0.643. The van der Waals surface area contributed by atoms with Crippen molar-refractivity contribution in [3.05, 3.63) is 58.1 Å². The zero-order valence-corrected chi connectivity index (χ0v) is 13.8. The first-order valence-electron chi connectivity index (χ1n) is 6.48. The molecule has 4 nitrogen and oxygen atoms in total. The van der Waals surface area contributed by atoms with Gasteiger partial charge in [-0.25, -0.2) is 0 Å². The van der Waals surface area contributed by atoms with Crippen molar-refractivity contribution in [2.24, 2.45) is 0 Å². The van der Waals surface area contributed by atoms with Crippen LogP contribution in [0.3, 0.4) is 0 Å². The smallest absolute Gasteiger partial charge is 0.189 e. The van der Waals surface area contributed by atoms with E-state index in [9.17, 15) is 9.90 Å². The Morgan fingerprint density at radius 2 is 1.77 bits per heavy atom. The number of phenolic OH excluding ortho intramolecular Hbond substituents is 1. The summed E-state index contributed by atoms with van der Waals surface area (Å²) in [6.45, 7) is 0. The zero-order chi connectivity index (χ0) is 16.1. The van der Waals surface area contributed by atoms with Gasteiger partial charge in [-0.15, -0.1) is 0 Å². The summed E-state index contributed by atoms with van der Waals surface area (Å²) in [7, 11) is 3.11. The number of ether oxygens (including phenoxy) is 2. The molecule has 22 heavy (non-hydrogen) atoms. The normalized spacial score (nSPS) is 10.7. The second-order valence-corrected chi connectivity index (χ2v) is 5.30. The number of carbonyl (C=O) groups excluding carboxylic acids is 1. The molecular weight excluding hydrogens is 348 g/mol. The average molecular weight is 363 g/mol. The molecule has 0 spiro atoms. The summed E-state index contributed by atoms with van der Waals surface area (Å²) in [4.78, 5) is 12.1. The SMILES string of the molecule is COc1cc(Br)c(/C=C/C(=O)c2ccccc2O)cc1OC. The Morgan fingerprint density at radius 3 is 2.41 bits per heavy atom. The molecule has 1 N–H and O–H groups in total. The van der Waals surface area contributed by atoms with E-state index >= 15 is 0 Å². The van der Waals surface area contributed by atoms with Gasteiger partial charge in [0.1, 0.15) is 5.75 Å². The molecule has 2 aromatic carbocycles. The summed E-state index contributed by atoms with van der Waals surface area (Å²) in [6, 6.07) is 9.95. The van der Waals surface area contributed by atoms with Crippen LogP contribution in [0, 0.1) is 0 Å². The van der Waals surface area contributed by atoms with Gasteiger partial charge in [-0.05, 0) is 42.0 Å². The molecule has 0 heterocycles. The highest BCUT2D eigenvalue weighted by Gasteiger charge is 2.10. The third kappa shape index (κ3) is 3.49. The summed E-state index contributed by atoms with van der Waals surface area (Å²) in [6.07, 6.45) is 3.06. The Morgan fingerprint density at radius 1 is 1.14 bits per heavy atom. The van der Waals surface area contributed by atoms with Crippen LogP contribution >= 0.6 is 15.9 Å². The van der Waals surface area contributed by atoms with Crippen LogP contribution in [0.15, 0.2) is 46.9 Å². The van der Waals surface area contributed by atoms with Crippen molar-refractivity contribution in [2.75, 3.05) is 14.2 Å². The molecular formula is C17H15BrO4. The van der Waals surface area contributed by atoms with Crippen molar-refractivity contribution in [1.82, 2.24) is 0 Å². The number of ketones is 1. The number of methoxy groups -OCH3 is 2. The first-order valence-corrected chi connectivity index (χ1v) is 7.28. The van der Waals surface area contributed by atoms with Gasteiger partial charge in [-0.1, -0.05) is 28.1 Å². The fraction of sp³-hybridized carbons (Fsp3) is 0.118. The predicted molar refractivity (Wildman–Crippen MR) is 88.7 cm³/mol. The maximum absolute atomic E-state index is 12.1. The van der Waals surface area contributed by atoms with Crippen LogP contribution in [0.1, 0.15) is 15.9 Å². The van der Waals surface area contributed by atoms with E-state index in [1.807, 2.05) is 0 Å². The number of hydrogen-bond acceptors (Lipinski definition) is 4. The van der Waals surface area contributed by atoms with Crippen molar-refractivity contribution >= 4 is 27.8 Å². The number of rotatable bonds is 5. The Kier molecular flexibility index (Phi) is 5.22. The lowest BCUT2D eigenvalue weighted by Gasteiger charge is -2.09. The van der Waals surface area contributed by atoms with Gasteiger partial charge >= 0.3 is 0 Å². The van der Waals surface area contributed by atoms with Gasteiger partial charge in [0.25, 0.3) is 0 Å². The van der Waals surface area contributed by atoms with Crippen molar-refractivity contribution in [1.29, 1.82) is 0 Å². The highest BCUT2D eigenvalue weighted by Crippen LogP contribution is 2.34. The Labute approximate surface area is 137 Å². The maximum atomic E-state index is 12.1. The third-order valence-corrected chi connectivity index (χ3v) is 3.77. The fourth-order valence-electron chi connectivity index (χ4n) is 1.93. The molecule has 0 aliphatic carbocycles. The Balaban J connectivity index is 2.30. The number of hydrogen-bond donors (Lipinski definition) is 1. The molecule has 0 aliphatic heterocycles. The lowest BCUT2D eigenvalue weighted by atomic mass is 10.1. The highest BCUT2D eigenvalue weighted by molar-refractivity contribution is 9.10. The maximum Gasteiger partial charge on any atom is 0.189 e. The van der Waals surface area contributed by atoms with Crippen LogP contribution in [0.25, 0.3) is 6.08 Å². The minimum Gasteiger partial charge on any atom is -0.507 e. The summed E-state index contributed by atoms with van der Waals surface area (Å²) in [5.74, 6) is 0.849. The number of allylic oxidation sites excluding steroid dienone is 1. The van der Waals surface area contributed by atoms with E-state index in [0.717, 1.165) is 10.0 Å². The molecule has 114 valence electrons. The predicted octanol–water partition coefficient (Wildman–Crippen LogP) is 4.07. The number of aromatic hydroxyl groups is 1. The van der Waals surface area contributed by atoms with Gasteiger partial charge in [0.2, 0.25) is 0 Å². The van der Waals surface area contributed by atoms with E-state index in [-0.39, 0.29) is 17.1 Å².